The molecule has 0 saturated carbocycles. The van der Waals surface area contributed by atoms with Gasteiger partial charge in [0.1, 0.15) is 23.3 Å². The number of hydrogen-bond donors (Lipinski definition) is 3. The molecule has 0 aliphatic heterocycles. The van der Waals surface area contributed by atoms with Gasteiger partial charge in [-0.05, 0) is 59.4 Å². The van der Waals surface area contributed by atoms with Crippen LogP contribution in [0.4, 0.5) is 4.79 Å². The summed E-state index contributed by atoms with van der Waals surface area (Å²) in [5.41, 5.74) is -0.557. The van der Waals surface area contributed by atoms with Gasteiger partial charge >= 0.3 is 6.09 Å². The summed E-state index contributed by atoms with van der Waals surface area (Å²) in [4.78, 5) is 29.1. The Balaban J connectivity index is 1.98. The van der Waals surface area contributed by atoms with Crippen molar-refractivity contribution in [2.24, 2.45) is 0 Å². The standard InChI is InChI=1S/C21H31N5O3/c1-20(2,3)29-19(28)25-21(4,5)18(27)24-16(17-22-14-23-26-17)13-9-12-15-10-7-6-8-11-15/h6-8,10-11,14,16H,9,12-13H2,1-5H3,(H,24,27)(H,25,28)(H,22,23,26). The van der Waals surface area contributed by atoms with Gasteiger partial charge in [-0.25, -0.2) is 9.78 Å². The van der Waals surface area contributed by atoms with Crippen LogP contribution in [0.1, 0.15) is 64.9 Å². The van der Waals surface area contributed by atoms with Crippen molar-refractivity contribution >= 4 is 12.0 Å². The molecule has 8 nitrogen and oxygen atoms in total. The Morgan fingerprint density at radius 2 is 1.83 bits per heavy atom. The molecular formula is C21H31N5O3. The molecule has 1 unspecified atom stereocenters. The molecule has 0 spiro atoms. The molecule has 2 amide bonds. The summed E-state index contributed by atoms with van der Waals surface area (Å²) in [5, 5.41) is 12.3. The van der Waals surface area contributed by atoms with E-state index in [1.807, 2.05) is 18.2 Å². The van der Waals surface area contributed by atoms with Crippen LogP contribution in [0.2, 0.25) is 0 Å². The predicted octanol–water partition coefficient (Wildman–Crippen LogP) is 3.29. The van der Waals surface area contributed by atoms with Gasteiger partial charge in [-0.15, -0.1) is 0 Å². The smallest absolute Gasteiger partial charge is 0.408 e. The summed E-state index contributed by atoms with van der Waals surface area (Å²) in [6.45, 7) is 8.58. The fourth-order valence-electron chi connectivity index (χ4n) is 2.77. The molecule has 2 aromatic rings. The molecule has 1 heterocycles. The van der Waals surface area contributed by atoms with E-state index in [9.17, 15) is 9.59 Å². The Bertz CT molecular complexity index is 782. The Hall–Kier alpha value is -2.90. The van der Waals surface area contributed by atoms with Crippen LogP contribution in [-0.2, 0) is 16.0 Å². The van der Waals surface area contributed by atoms with Gasteiger partial charge in [0.2, 0.25) is 5.91 Å². The maximum absolute atomic E-state index is 12.9. The number of rotatable bonds is 8. The highest BCUT2D eigenvalue weighted by Crippen LogP contribution is 2.18. The lowest BCUT2D eigenvalue weighted by Crippen LogP contribution is -2.56. The van der Waals surface area contributed by atoms with E-state index in [-0.39, 0.29) is 11.9 Å². The first-order valence-electron chi connectivity index (χ1n) is 9.78. The molecule has 0 saturated heterocycles. The van der Waals surface area contributed by atoms with Gasteiger partial charge in [-0.2, -0.15) is 5.10 Å². The lowest BCUT2D eigenvalue weighted by atomic mass is 10.0. The van der Waals surface area contributed by atoms with Crippen LogP contribution in [0, 0.1) is 0 Å². The molecule has 0 bridgehead atoms. The first-order chi connectivity index (χ1) is 13.6. The van der Waals surface area contributed by atoms with Crippen LogP contribution in [0.3, 0.4) is 0 Å². The minimum absolute atomic E-state index is 0.329. The number of aryl methyl sites for hydroxylation is 1. The zero-order valence-corrected chi connectivity index (χ0v) is 17.8. The fourth-order valence-corrected chi connectivity index (χ4v) is 2.77. The number of carbonyl (C=O) groups excluding carboxylic acids is 2. The highest BCUT2D eigenvalue weighted by molar-refractivity contribution is 5.89. The highest BCUT2D eigenvalue weighted by Gasteiger charge is 2.33. The molecule has 2 rings (SSSR count). The summed E-state index contributed by atoms with van der Waals surface area (Å²) in [5.74, 6) is 0.254. The van der Waals surface area contributed by atoms with Gasteiger partial charge in [0.05, 0.1) is 6.04 Å². The van der Waals surface area contributed by atoms with Gasteiger partial charge in [0, 0.05) is 0 Å². The number of aromatic amines is 1. The van der Waals surface area contributed by atoms with Crippen LogP contribution in [0.25, 0.3) is 0 Å². The molecule has 1 aromatic carbocycles. The van der Waals surface area contributed by atoms with E-state index in [1.165, 1.54) is 11.9 Å². The van der Waals surface area contributed by atoms with Crippen molar-refractivity contribution in [3.05, 3.63) is 48.0 Å². The number of benzene rings is 1. The van der Waals surface area contributed by atoms with Gasteiger partial charge in [0.25, 0.3) is 0 Å². The quantitative estimate of drug-likeness (QED) is 0.629. The Kier molecular flexibility index (Phi) is 7.36. The summed E-state index contributed by atoms with van der Waals surface area (Å²) in [6.07, 6.45) is 3.20. The molecule has 8 heteroatoms. The number of hydrogen-bond acceptors (Lipinski definition) is 5. The number of carbonyl (C=O) groups is 2. The zero-order valence-electron chi connectivity index (χ0n) is 17.8. The summed E-state index contributed by atoms with van der Waals surface area (Å²) < 4.78 is 5.26. The number of nitrogens with zero attached hydrogens (tertiary/aromatic N) is 2. The minimum Gasteiger partial charge on any atom is -0.444 e. The third kappa shape index (κ3) is 7.56. The Labute approximate surface area is 171 Å². The van der Waals surface area contributed by atoms with Crippen molar-refractivity contribution in [3.8, 4) is 0 Å². The molecule has 1 atom stereocenters. The average Bonchev–Trinajstić information content (AvgIpc) is 3.14. The summed E-state index contributed by atoms with van der Waals surface area (Å²) in [7, 11) is 0. The van der Waals surface area contributed by atoms with Crippen LogP contribution < -0.4 is 10.6 Å². The summed E-state index contributed by atoms with van der Waals surface area (Å²) in [6, 6.07) is 9.83. The van der Waals surface area contributed by atoms with E-state index < -0.39 is 17.2 Å². The lowest BCUT2D eigenvalue weighted by molar-refractivity contribution is -0.127. The molecular weight excluding hydrogens is 370 g/mol. The van der Waals surface area contributed by atoms with Crippen LogP contribution in [0.5, 0.6) is 0 Å². The number of H-pyrrole nitrogens is 1. The van der Waals surface area contributed by atoms with E-state index in [2.05, 4.69) is 37.9 Å². The second-order valence-electron chi connectivity index (χ2n) is 8.53. The predicted molar refractivity (Wildman–Crippen MR) is 110 cm³/mol. The first kappa shape index (κ1) is 22.4. The second-order valence-corrected chi connectivity index (χ2v) is 8.53. The number of nitrogens with one attached hydrogen (secondary N) is 3. The molecule has 29 heavy (non-hydrogen) atoms. The monoisotopic (exact) mass is 401 g/mol. The second kappa shape index (κ2) is 9.54. The molecule has 1 aromatic heterocycles. The van der Waals surface area contributed by atoms with E-state index in [4.69, 9.17) is 4.74 Å². The van der Waals surface area contributed by atoms with Crippen LogP contribution in [-0.4, -0.2) is 38.3 Å². The van der Waals surface area contributed by atoms with E-state index in [0.29, 0.717) is 12.2 Å². The number of ether oxygens (including phenoxy) is 1. The van der Waals surface area contributed by atoms with Crippen LogP contribution in [0.15, 0.2) is 36.7 Å². The van der Waals surface area contributed by atoms with Gasteiger partial charge < -0.3 is 15.4 Å². The lowest BCUT2D eigenvalue weighted by Gasteiger charge is -2.29. The number of amides is 2. The van der Waals surface area contributed by atoms with Crippen LogP contribution >= 0.6 is 0 Å². The molecule has 0 radical (unpaired) electrons. The average molecular weight is 402 g/mol. The van der Waals surface area contributed by atoms with Gasteiger partial charge in [0.15, 0.2) is 0 Å². The maximum Gasteiger partial charge on any atom is 0.408 e. The fraction of sp³-hybridized carbons (Fsp3) is 0.524. The maximum atomic E-state index is 12.9. The van der Waals surface area contributed by atoms with E-state index >= 15 is 0 Å². The number of aromatic nitrogens is 3. The third-order valence-corrected chi connectivity index (χ3v) is 4.25. The zero-order chi connectivity index (χ0) is 21.5. The Morgan fingerprint density at radius 3 is 2.41 bits per heavy atom. The normalized spacial score (nSPS) is 12.9. The van der Waals surface area contributed by atoms with Gasteiger partial charge in [-0.3, -0.25) is 9.89 Å². The van der Waals surface area contributed by atoms with E-state index in [0.717, 1.165) is 12.8 Å². The SMILES string of the molecule is CC(C)(C)OC(=O)NC(C)(C)C(=O)NC(CCCc1ccccc1)c1ncn[nH]1. The first-order valence-corrected chi connectivity index (χ1v) is 9.78. The van der Waals surface area contributed by atoms with Gasteiger partial charge in [-0.1, -0.05) is 30.3 Å². The van der Waals surface area contributed by atoms with Crippen molar-refractivity contribution in [2.45, 2.75) is 71.1 Å². The molecule has 158 valence electrons. The Morgan fingerprint density at radius 1 is 1.14 bits per heavy atom. The molecule has 0 fully saturated rings. The van der Waals surface area contributed by atoms with Crippen molar-refractivity contribution in [1.29, 1.82) is 0 Å². The van der Waals surface area contributed by atoms with Crippen molar-refractivity contribution in [1.82, 2.24) is 25.8 Å². The third-order valence-electron chi connectivity index (χ3n) is 4.25. The molecule has 0 aliphatic carbocycles. The summed E-state index contributed by atoms with van der Waals surface area (Å²) >= 11 is 0. The number of alkyl carbamates (subject to hydrolysis) is 1. The largest absolute Gasteiger partial charge is 0.444 e. The molecule has 3 N–H and O–H groups in total. The molecule has 0 aliphatic rings. The van der Waals surface area contributed by atoms with Crippen molar-refractivity contribution in [2.75, 3.05) is 0 Å². The van der Waals surface area contributed by atoms with Crippen molar-refractivity contribution < 1.29 is 14.3 Å². The highest BCUT2D eigenvalue weighted by atomic mass is 16.6. The minimum atomic E-state index is -1.15. The van der Waals surface area contributed by atoms with Crippen molar-refractivity contribution in [3.63, 3.8) is 0 Å². The topological polar surface area (TPSA) is 109 Å². The van der Waals surface area contributed by atoms with E-state index in [1.54, 1.807) is 34.6 Å².